The third-order valence-electron chi connectivity index (χ3n) is 4.73. The summed E-state index contributed by atoms with van der Waals surface area (Å²) in [5.41, 5.74) is 3.76. The van der Waals surface area contributed by atoms with Gasteiger partial charge in [-0.1, -0.05) is 26.0 Å². The smallest absolute Gasteiger partial charge is 0.430 e. The van der Waals surface area contributed by atoms with Crippen LogP contribution in [0.1, 0.15) is 18.9 Å². The van der Waals surface area contributed by atoms with Crippen LogP contribution in [0.5, 0.6) is 0 Å². The van der Waals surface area contributed by atoms with Gasteiger partial charge in [-0.25, -0.2) is 13.4 Å². The summed E-state index contributed by atoms with van der Waals surface area (Å²) in [7, 11) is -3.49. The fourth-order valence-corrected chi connectivity index (χ4v) is 4.07. The van der Waals surface area contributed by atoms with Crippen molar-refractivity contribution in [2.45, 2.75) is 24.9 Å². The van der Waals surface area contributed by atoms with E-state index in [1.165, 1.54) is 18.2 Å². The molecule has 192 valence electrons. The van der Waals surface area contributed by atoms with Crippen LogP contribution in [0.25, 0.3) is 11.4 Å². The van der Waals surface area contributed by atoms with E-state index in [0.29, 0.717) is 18.2 Å². The lowest BCUT2D eigenvalue weighted by Gasteiger charge is -2.17. The SMILES string of the molecule is CCN(CC)CCOC(=O)CN=C(C=C(N)C(F)(F)F)c1nc(-c2cccc(S(C)(=O)=O)c2)ns1. The van der Waals surface area contributed by atoms with E-state index in [9.17, 15) is 26.4 Å². The second kappa shape index (κ2) is 12.2. The highest BCUT2D eigenvalue weighted by molar-refractivity contribution is 7.90. The number of likely N-dealkylation sites (N-methyl/N-ethyl adjacent to an activating group) is 1. The first-order valence-corrected chi connectivity index (χ1v) is 13.1. The number of allylic oxidation sites excluding steroid dienone is 2. The zero-order valence-electron chi connectivity index (χ0n) is 19.4. The van der Waals surface area contributed by atoms with Crippen LogP contribution in [0.3, 0.4) is 0 Å². The maximum absolute atomic E-state index is 13.0. The monoisotopic (exact) mass is 533 g/mol. The molecule has 0 fully saturated rings. The number of aromatic nitrogens is 2. The molecule has 0 amide bonds. The number of aliphatic imine (C=N–C) groups is 1. The fourth-order valence-electron chi connectivity index (χ4n) is 2.74. The number of esters is 1. The first-order chi connectivity index (χ1) is 16.3. The van der Waals surface area contributed by atoms with E-state index in [4.69, 9.17) is 10.5 Å². The minimum absolute atomic E-state index is 0.0344. The van der Waals surface area contributed by atoms with Crippen LogP contribution >= 0.6 is 11.5 Å². The van der Waals surface area contributed by atoms with Crippen LogP contribution in [0.15, 0.2) is 45.9 Å². The molecule has 0 saturated heterocycles. The molecule has 2 rings (SSSR count). The molecule has 1 aromatic heterocycles. The molecule has 0 aliphatic carbocycles. The van der Waals surface area contributed by atoms with E-state index in [-0.39, 0.29) is 28.0 Å². The number of nitrogens with zero attached hydrogens (tertiary/aromatic N) is 4. The third-order valence-corrected chi connectivity index (χ3v) is 6.58. The minimum Gasteiger partial charge on any atom is -0.463 e. The number of carbonyl (C=O) groups is 1. The van der Waals surface area contributed by atoms with Gasteiger partial charge in [-0.2, -0.15) is 17.5 Å². The van der Waals surface area contributed by atoms with Gasteiger partial charge in [-0.05, 0) is 42.8 Å². The highest BCUT2D eigenvalue weighted by Crippen LogP contribution is 2.24. The first-order valence-electron chi connectivity index (χ1n) is 10.5. The van der Waals surface area contributed by atoms with Crippen molar-refractivity contribution in [1.82, 2.24) is 14.3 Å². The van der Waals surface area contributed by atoms with Crippen molar-refractivity contribution in [3.05, 3.63) is 41.0 Å². The maximum atomic E-state index is 13.0. The van der Waals surface area contributed by atoms with Gasteiger partial charge < -0.3 is 15.4 Å². The Morgan fingerprint density at radius 1 is 1.29 bits per heavy atom. The predicted molar refractivity (Wildman–Crippen MR) is 127 cm³/mol. The van der Waals surface area contributed by atoms with Crippen LogP contribution in [0, 0.1) is 0 Å². The second-order valence-corrected chi connectivity index (χ2v) is 10.0. The van der Waals surface area contributed by atoms with Crippen molar-refractivity contribution in [2.75, 3.05) is 39.0 Å². The molecule has 0 atom stereocenters. The number of hydrogen-bond acceptors (Lipinski definition) is 10. The predicted octanol–water partition coefficient (Wildman–Crippen LogP) is 2.69. The van der Waals surface area contributed by atoms with Gasteiger partial charge in [0.2, 0.25) is 0 Å². The number of carbonyl (C=O) groups excluding carboxylic acids is 1. The number of halogens is 3. The van der Waals surface area contributed by atoms with Crippen molar-refractivity contribution >= 4 is 33.1 Å². The highest BCUT2D eigenvalue weighted by atomic mass is 32.2. The van der Waals surface area contributed by atoms with E-state index in [2.05, 4.69) is 14.3 Å². The Morgan fingerprint density at radius 3 is 2.57 bits per heavy atom. The molecule has 35 heavy (non-hydrogen) atoms. The van der Waals surface area contributed by atoms with Crippen LogP contribution in [-0.4, -0.2) is 79.6 Å². The summed E-state index contributed by atoms with van der Waals surface area (Å²) >= 11 is 0.730. The molecule has 1 aromatic carbocycles. The van der Waals surface area contributed by atoms with E-state index in [1.807, 2.05) is 18.7 Å². The molecule has 1 heterocycles. The normalized spacial score (nSPS) is 13.3. The Hall–Kier alpha value is -2.84. The van der Waals surface area contributed by atoms with E-state index >= 15 is 0 Å². The summed E-state index contributed by atoms with van der Waals surface area (Å²) in [5, 5.41) is -0.0344. The molecule has 0 aliphatic heterocycles. The van der Waals surface area contributed by atoms with Gasteiger partial charge in [0.1, 0.15) is 18.8 Å². The molecular weight excluding hydrogens is 507 g/mol. The van der Waals surface area contributed by atoms with E-state index in [0.717, 1.165) is 30.9 Å². The molecule has 2 N–H and O–H groups in total. The summed E-state index contributed by atoms with van der Waals surface area (Å²) in [5.74, 6) is -0.636. The summed E-state index contributed by atoms with van der Waals surface area (Å²) in [6.07, 6.45) is -3.20. The van der Waals surface area contributed by atoms with Crippen molar-refractivity contribution in [3.63, 3.8) is 0 Å². The minimum atomic E-state index is -4.82. The average Bonchev–Trinajstić information content (AvgIpc) is 3.28. The summed E-state index contributed by atoms with van der Waals surface area (Å²) in [4.78, 5) is 22.3. The van der Waals surface area contributed by atoms with E-state index in [1.54, 1.807) is 6.07 Å². The summed E-state index contributed by atoms with van der Waals surface area (Å²) < 4.78 is 71.9. The zero-order valence-corrected chi connectivity index (χ0v) is 21.0. The number of alkyl halides is 3. The molecule has 0 unspecified atom stereocenters. The molecular formula is C21H26F3N5O4S2. The van der Waals surface area contributed by atoms with Gasteiger partial charge in [0.05, 0.1) is 10.6 Å². The summed E-state index contributed by atoms with van der Waals surface area (Å²) in [6, 6.07) is 5.81. The lowest BCUT2D eigenvalue weighted by molar-refractivity contribution is -0.142. The molecule has 2 aromatic rings. The Morgan fingerprint density at radius 2 is 1.97 bits per heavy atom. The topological polar surface area (TPSA) is 128 Å². The van der Waals surface area contributed by atoms with Crippen molar-refractivity contribution in [2.24, 2.45) is 10.7 Å². The average molecular weight is 534 g/mol. The van der Waals surface area contributed by atoms with Gasteiger partial charge in [-0.3, -0.25) is 9.79 Å². The van der Waals surface area contributed by atoms with Gasteiger partial charge in [0.25, 0.3) is 0 Å². The number of nitrogens with two attached hydrogens (primary N) is 1. The molecule has 0 aliphatic rings. The Kier molecular flexibility index (Phi) is 9.92. The fraction of sp³-hybridized carbons (Fsp3) is 0.429. The van der Waals surface area contributed by atoms with Gasteiger partial charge in [0.15, 0.2) is 20.7 Å². The lowest BCUT2D eigenvalue weighted by Crippen LogP contribution is -2.28. The van der Waals surface area contributed by atoms with Crippen molar-refractivity contribution < 1.29 is 31.1 Å². The van der Waals surface area contributed by atoms with Gasteiger partial charge in [-0.15, -0.1) is 0 Å². The van der Waals surface area contributed by atoms with Crippen LogP contribution < -0.4 is 5.73 Å². The maximum Gasteiger partial charge on any atom is 0.430 e. The first kappa shape index (κ1) is 28.4. The van der Waals surface area contributed by atoms with Gasteiger partial charge in [0, 0.05) is 18.4 Å². The number of sulfone groups is 1. The van der Waals surface area contributed by atoms with E-state index < -0.39 is 34.2 Å². The van der Waals surface area contributed by atoms with Gasteiger partial charge >= 0.3 is 12.1 Å². The standard InChI is InChI=1S/C21H26F3N5O4S2/c1-4-29(5-2)9-10-33-18(30)13-26-16(12-17(25)21(22,23)24)20-27-19(28-34-20)14-7-6-8-15(11-14)35(3,31)32/h6-8,11-12H,4-5,9-10,13,25H2,1-3H3. The molecule has 0 saturated carbocycles. The Bertz CT molecular complexity index is 1190. The van der Waals surface area contributed by atoms with Crippen molar-refractivity contribution in [3.8, 4) is 11.4 Å². The number of benzene rings is 1. The number of hydrogen-bond donors (Lipinski definition) is 1. The summed E-state index contributed by atoms with van der Waals surface area (Å²) in [6.45, 7) is 5.58. The number of rotatable bonds is 11. The molecule has 9 nitrogen and oxygen atoms in total. The largest absolute Gasteiger partial charge is 0.463 e. The molecule has 0 spiro atoms. The number of ether oxygens (including phenoxy) is 1. The third kappa shape index (κ3) is 8.71. The van der Waals surface area contributed by atoms with Crippen molar-refractivity contribution in [1.29, 1.82) is 0 Å². The molecule has 0 radical (unpaired) electrons. The van der Waals surface area contributed by atoms with Crippen LogP contribution in [0.2, 0.25) is 0 Å². The highest BCUT2D eigenvalue weighted by Gasteiger charge is 2.32. The Balaban J connectivity index is 2.29. The Labute approximate surface area is 205 Å². The quantitative estimate of drug-likeness (QED) is 0.345. The van der Waals surface area contributed by atoms with Crippen LogP contribution in [-0.2, 0) is 19.4 Å². The molecule has 0 bridgehead atoms. The van der Waals surface area contributed by atoms with Crippen LogP contribution in [0.4, 0.5) is 13.2 Å². The second-order valence-electron chi connectivity index (χ2n) is 7.27. The lowest BCUT2D eigenvalue weighted by atomic mass is 10.2. The zero-order chi connectivity index (χ0) is 26.2. The molecule has 14 heteroatoms.